The normalized spacial score (nSPS) is 10.7. The van der Waals surface area contributed by atoms with E-state index in [1.165, 1.54) is 16.3 Å². The summed E-state index contributed by atoms with van der Waals surface area (Å²) in [6.07, 6.45) is 0. The number of nitrogens with two attached hydrogens (primary N) is 1. The lowest BCUT2D eigenvalue weighted by Gasteiger charge is -2.25. The van der Waals surface area contributed by atoms with Crippen LogP contribution in [0, 0.1) is 0 Å². The number of para-hydroxylation sites is 2. The zero-order chi connectivity index (χ0) is 14.7. The summed E-state index contributed by atoms with van der Waals surface area (Å²) in [4.78, 5) is 2.32. The van der Waals surface area contributed by atoms with Crippen molar-refractivity contribution in [1.29, 1.82) is 0 Å². The highest BCUT2D eigenvalue weighted by Gasteiger charge is 2.09. The Hall–Kier alpha value is -2.48. The van der Waals surface area contributed by atoms with E-state index in [0.29, 0.717) is 0 Å². The maximum Gasteiger partial charge on any atom is 0.0602 e. The van der Waals surface area contributed by atoms with E-state index in [4.69, 9.17) is 5.73 Å². The highest BCUT2D eigenvalue weighted by molar-refractivity contribution is 5.86. The lowest BCUT2D eigenvalue weighted by atomic mass is 10.0. The van der Waals surface area contributed by atoms with Gasteiger partial charge in [0.05, 0.1) is 11.4 Å². The van der Waals surface area contributed by atoms with Crippen molar-refractivity contribution in [2.75, 3.05) is 17.2 Å². The molecule has 0 unspecified atom stereocenters. The number of hydrogen-bond acceptors (Lipinski definition) is 2. The third kappa shape index (κ3) is 2.70. The van der Waals surface area contributed by atoms with Crippen molar-refractivity contribution in [3.63, 3.8) is 0 Å². The zero-order valence-corrected chi connectivity index (χ0v) is 12.3. The summed E-state index contributed by atoms with van der Waals surface area (Å²) in [6.45, 7) is 3.96. The van der Waals surface area contributed by atoms with Crippen LogP contribution in [0.3, 0.4) is 0 Å². The molecule has 0 saturated heterocycles. The molecule has 3 aromatic rings. The molecular weight excluding hydrogens is 256 g/mol. The summed E-state index contributed by atoms with van der Waals surface area (Å²) in [5.41, 5.74) is 9.39. The van der Waals surface area contributed by atoms with Gasteiger partial charge >= 0.3 is 0 Å². The Morgan fingerprint density at radius 2 is 1.57 bits per heavy atom. The molecule has 0 aliphatic heterocycles. The van der Waals surface area contributed by atoms with E-state index in [0.717, 1.165) is 24.5 Å². The van der Waals surface area contributed by atoms with Gasteiger partial charge in [-0.1, -0.05) is 54.6 Å². The molecule has 0 fully saturated rings. The van der Waals surface area contributed by atoms with Crippen LogP contribution in [0.25, 0.3) is 10.8 Å². The molecule has 0 atom stereocenters. The molecule has 106 valence electrons. The summed E-state index contributed by atoms with van der Waals surface area (Å²) in [5, 5.41) is 2.60. The Labute approximate surface area is 125 Å². The zero-order valence-electron chi connectivity index (χ0n) is 12.3. The van der Waals surface area contributed by atoms with Crippen molar-refractivity contribution in [2.24, 2.45) is 0 Å². The van der Waals surface area contributed by atoms with Crippen LogP contribution in [-0.2, 0) is 6.54 Å². The monoisotopic (exact) mass is 276 g/mol. The molecule has 3 rings (SSSR count). The maximum atomic E-state index is 6.12. The predicted octanol–water partition coefficient (Wildman–Crippen LogP) is 4.45. The highest BCUT2D eigenvalue weighted by atomic mass is 15.1. The predicted molar refractivity (Wildman–Crippen MR) is 91.5 cm³/mol. The lowest BCUT2D eigenvalue weighted by Crippen LogP contribution is -2.23. The van der Waals surface area contributed by atoms with Crippen LogP contribution >= 0.6 is 0 Å². The molecule has 21 heavy (non-hydrogen) atoms. The first-order valence-electron chi connectivity index (χ1n) is 7.35. The largest absolute Gasteiger partial charge is 0.397 e. The molecule has 0 aromatic heterocycles. The number of anilines is 2. The van der Waals surface area contributed by atoms with E-state index in [2.05, 4.69) is 60.4 Å². The first-order valence-corrected chi connectivity index (χ1v) is 7.35. The van der Waals surface area contributed by atoms with Crippen LogP contribution < -0.4 is 10.6 Å². The van der Waals surface area contributed by atoms with E-state index in [1.807, 2.05) is 18.2 Å². The summed E-state index contributed by atoms with van der Waals surface area (Å²) >= 11 is 0. The Morgan fingerprint density at radius 3 is 2.38 bits per heavy atom. The van der Waals surface area contributed by atoms with Gasteiger partial charge in [0.15, 0.2) is 0 Å². The van der Waals surface area contributed by atoms with Crippen molar-refractivity contribution < 1.29 is 0 Å². The molecule has 2 N–H and O–H groups in total. The third-order valence-corrected chi connectivity index (χ3v) is 3.90. The fourth-order valence-electron chi connectivity index (χ4n) is 2.78. The lowest BCUT2D eigenvalue weighted by molar-refractivity contribution is 0.838. The van der Waals surface area contributed by atoms with Gasteiger partial charge < -0.3 is 10.6 Å². The van der Waals surface area contributed by atoms with Gasteiger partial charge in [0.25, 0.3) is 0 Å². The van der Waals surface area contributed by atoms with Crippen LogP contribution in [0.5, 0.6) is 0 Å². The van der Waals surface area contributed by atoms with Crippen LogP contribution in [0.2, 0.25) is 0 Å². The van der Waals surface area contributed by atoms with Gasteiger partial charge in [-0.05, 0) is 35.4 Å². The van der Waals surface area contributed by atoms with E-state index in [1.54, 1.807) is 0 Å². The van der Waals surface area contributed by atoms with Gasteiger partial charge in [0, 0.05) is 13.1 Å². The molecule has 0 saturated carbocycles. The summed E-state index contributed by atoms with van der Waals surface area (Å²) in [5.74, 6) is 0. The van der Waals surface area contributed by atoms with Gasteiger partial charge in [-0.15, -0.1) is 0 Å². The van der Waals surface area contributed by atoms with Crippen molar-refractivity contribution in [1.82, 2.24) is 0 Å². The number of nitrogens with zero attached hydrogens (tertiary/aromatic N) is 1. The molecular formula is C19H20N2. The molecule has 0 radical (unpaired) electrons. The molecule has 0 bridgehead atoms. The smallest absolute Gasteiger partial charge is 0.0602 e. The molecule has 0 aliphatic rings. The van der Waals surface area contributed by atoms with Gasteiger partial charge in [-0.3, -0.25) is 0 Å². The average Bonchev–Trinajstić information content (AvgIpc) is 2.53. The Balaban J connectivity index is 1.98. The van der Waals surface area contributed by atoms with E-state index in [9.17, 15) is 0 Å². The minimum absolute atomic E-state index is 0.833. The number of hydrogen-bond donors (Lipinski definition) is 1. The Bertz CT molecular complexity index is 744. The van der Waals surface area contributed by atoms with Gasteiger partial charge in [0.1, 0.15) is 0 Å². The molecule has 0 heterocycles. The second-order valence-corrected chi connectivity index (χ2v) is 5.21. The highest BCUT2D eigenvalue weighted by Crippen LogP contribution is 2.26. The van der Waals surface area contributed by atoms with Crippen LogP contribution in [0.15, 0.2) is 66.7 Å². The van der Waals surface area contributed by atoms with Gasteiger partial charge in [0.2, 0.25) is 0 Å². The number of fused-ring (bicyclic) bond motifs is 1. The number of nitrogen functional groups attached to an aromatic ring is 1. The molecule has 0 spiro atoms. The summed E-state index contributed by atoms with van der Waals surface area (Å²) < 4.78 is 0. The topological polar surface area (TPSA) is 29.3 Å². The van der Waals surface area contributed by atoms with Crippen LogP contribution in [0.1, 0.15) is 12.5 Å². The minimum Gasteiger partial charge on any atom is -0.397 e. The second-order valence-electron chi connectivity index (χ2n) is 5.21. The van der Waals surface area contributed by atoms with Gasteiger partial charge in [-0.2, -0.15) is 0 Å². The second kappa shape index (κ2) is 5.88. The number of rotatable bonds is 4. The molecule has 3 aromatic carbocycles. The third-order valence-electron chi connectivity index (χ3n) is 3.90. The first kappa shape index (κ1) is 13.5. The maximum absolute atomic E-state index is 6.12. The molecule has 2 heteroatoms. The van der Waals surface area contributed by atoms with Crippen LogP contribution in [-0.4, -0.2) is 6.54 Å². The first-order chi connectivity index (χ1) is 10.3. The summed E-state index contributed by atoms with van der Waals surface area (Å²) in [7, 11) is 0. The Morgan fingerprint density at radius 1 is 0.857 bits per heavy atom. The molecule has 0 aliphatic carbocycles. The SMILES string of the molecule is CCN(Cc1cccc2ccccc12)c1ccccc1N. The summed E-state index contributed by atoms with van der Waals surface area (Å²) in [6, 6.07) is 23.1. The average molecular weight is 276 g/mol. The van der Waals surface area contributed by atoms with Crippen molar-refractivity contribution >= 4 is 22.1 Å². The van der Waals surface area contributed by atoms with Crippen molar-refractivity contribution in [2.45, 2.75) is 13.5 Å². The molecule has 2 nitrogen and oxygen atoms in total. The van der Waals surface area contributed by atoms with E-state index < -0.39 is 0 Å². The molecule has 0 amide bonds. The van der Waals surface area contributed by atoms with Crippen molar-refractivity contribution in [3.8, 4) is 0 Å². The standard InChI is InChI=1S/C19H20N2/c1-2-21(19-13-6-5-12-18(19)20)14-16-10-7-9-15-8-3-4-11-17(15)16/h3-13H,2,14,20H2,1H3. The fourth-order valence-corrected chi connectivity index (χ4v) is 2.78. The van der Waals surface area contributed by atoms with E-state index >= 15 is 0 Å². The Kier molecular flexibility index (Phi) is 3.78. The van der Waals surface area contributed by atoms with E-state index in [-0.39, 0.29) is 0 Å². The van der Waals surface area contributed by atoms with Crippen LogP contribution in [0.4, 0.5) is 11.4 Å². The number of benzene rings is 3. The van der Waals surface area contributed by atoms with Crippen molar-refractivity contribution in [3.05, 3.63) is 72.3 Å². The van der Waals surface area contributed by atoms with Gasteiger partial charge in [-0.25, -0.2) is 0 Å². The minimum atomic E-state index is 0.833. The quantitative estimate of drug-likeness (QED) is 0.713. The fraction of sp³-hybridized carbons (Fsp3) is 0.158.